The zero-order valence-corrected chi connectivity index (χ0v) is 19.1. The molecule has 1 atom stereocenters. The van der Waals surface area contributed by atoms with Gasteiger partial charge in [0.2, 0.25) is 5.95 Å². The van der Waals surface area contributed by atoms with Gasteiger partial charge in [-0.1, -0.05) is 48.4 Å². The summed E-state index contributed by atoms with van der Waals surface area (Å²) in [6.07, 6.45) is 3.93. The minimum absolute atomic E-state index is 0.140. The first kappa shape index (κ1) is 21.2. The van der Waals surface area contributed by atoms with Crippen molar-refractivity contribution in [2.45, 2.75) is 38.9 Å². The van der Waals surface area contributed by atoms with Gasteiger partial charge in [-0.2, -0.15) is 5.10 Å². The fourth-order valence-electron chi connectivity index (χ4n) is 4.72. The number of benzene rings is 2. The fraction of sp³-hybridized carbons (Fsp3) is 0.346. The van der Waals surface area contributed by atoms with E-state index in [9.17, 15) is 4.79 Å². The molecule has 0 amide bonds. The van der Waals surface area contributed by atoms with E-state index in [4.69, 9.17) is 4.98 Å². The quantitative estimate of drug-likeness (QED) is 0.483. The molecule has 1 aliphatic heterocycles. The van der Waals surface area contributed by atoms with Crippen LogP contribution in [0.2, 0.25) is 0 Å². The molecule has 7 heteroatoms. The number of nitrogens with zero attached hydrogens (tertiary/aromatic N) is 5. The second-order valence-electron chi connectivity index (χ2n) is 8.48. The lowest BCUT2D eigenvalue weighted by atomic mass is 10.0. The van der Waals surface area contributed by atoms with E-state index in [-0.39, 0.29) is 5.56 Å². The topological polar surface area (TPSA) is 68.0 Å². The van der Waals surface area contributed by atoms with Crippen LogP contribution >= 0.6 is 0 Å². The predicted molar refractivity (Wildman–Crippen MR) is 133 cm³/mol. The van der Waals surface area contributed by atoms with Gasteiger partial charge in [-0.05, 0) is 43.1 Å². The lowest BCUT2D eigenvalue weighted by Gasteiger charge is -2.33. The average molecular weight is 441 g/mol. The number of hydrogen-bond acceptors (Lipinski definition) is 5. The first-order valence-electron chi connectivity index (χ1n) is 11.4. The van der Waals surface area contributed by atoms with Crippen molar-refractivity contribution in [3.63, 3.8) is 0 Å². The van der Waals surface area contributed by atoms with E-state index in [0.29, 0.717) is 30.2 Å². The van der Waals surface area contributed by atoms with Crippen LogP contribution in [-0.2, 0) is 13.1 Å². The highest BCUT2D eigenvalue weighted by atomic mass is 16.1. The second kappa shape index (κ2) is 9.08. The van der Waals surface area contributed by atoms with Gasteiger partial charge >= 0.3 is 0 Å². The Labute approximate surface area is 193 Å². The van der Waals surface area contributed by atoms with Crippen LogP contribution in [0.3, 0.4) is 0 Å². The molecule has 3 heterocycles. The molecule has 168 valence electrons. The van der Waals surface area contributed by atoms with Crippen molar-refractivity contribution < 1.29 is 0 Å². The molecule has 1 fully saturated rings. The second-order valence-corrected chi connectivity index (χ2v) is 8.48. The molecular formula is C26H28N6O. The zero-order valence-electron chi connectivity index (χ0n) is 19.1. The number of rotatable bonds is 5. The van der Waals surface area contributed by atoms with E-state index >= 15 is 0 Å². The molecule has 5 rings (SSSR count). The highest BCUT2D eigenvalue weighted by molar-refractivity contribution is 5.85. The number of piperidine rings is 1. The summed E-state index contributed by atoms with van der Waals surface area (Å²) in [5.41, 5.74) is 2.11. The van der Waals surface area contributed by atoms with Crippen molar-refractivity contribution in [1.29, 1.82) is 0 Å². The molecule has 2 aromatic heterocycles. The first-order valence-corrected chi connectivity index (χ1v) is 11.4. The number of fused-ring (bicyclic) bond motifs is 2. The van der Waals surface area contributed by atoms with Crippen LogP contribution in [0.5, 0.6) is 0 Å². The van der Waals surface area contributed by atoms with Gasteiger partial charge in [-0.25, -0.2) is 9.67 Å². The fourth-order valence-corrected chi connectivity index (χ4v) is 4.72. The van der Waals surface area contributed by atoms with Crippen molar-refractivity contribution in [2.24, 2.45) is 0 Å². The van der Waals surface area contributed by atoms with E-state index in [1.807, 2.05) is 36.7 Å². The molecule has 0 radical (unpaired) electrons. The van der Waals surface area contributed by atoms with E-state index in [2.05, 4.69) is 51.4 Å². The van der Waals surface area contributed by atoms with Crippen molar-refractivity contribution in [3.8, 4) is 11.8 Å². The van der Waals surface area contributed by atoms with E-state index < -0.39 is 0 Å². The summed E-state index contributed by atoms with van der Waals surface area (Å²) in [7, 11) is 2.00. The standard InChI is InChI=1S/C26H28N6O/c1-3-4-15-31-24-23(29-26(31)30-14-8-12-21(18-30)27-2)16-28-32(25(24)33)17-20-11-7-10-19-9-5-6-13-22(19)20/h5-7,9-11,13,16,21,27H,8,12,14-15,17-18H2,1-2H3. The van der Waals surface area contributed by atoms with Crippen LogP contribution < -0.4 is 15.8 Å². The molecule has 0 aliphatic carbocycles. The van der Waals surface area contributed by atoms with E-state index in [0.717, 1.165) is 48.2 Å². The van der Waals surface area contributed by atoms with Crippen molar-refractivity contribution >= 4 is 27.8 Å². The summed E-state index contributed by atoms with van der Waals surface area (Å²) in [5, 5.41) is 10.1. The molecule has 0 saturated carbocycles. The SMILES string of the molecule is CC#CCn1c(N2CCCC(NC)C2)nc2cnn(Cc3cccc4ccccc34)c(=O)c21. The average Bonchev–Trinajstić information content (AvgIpc) is 3.24. The molecule has 4 aromatic rings. The van der Waals surface area contributed by atoms with Gasteiger partial charge in [-0.3, -0.25) is 9.36 Å². The Kier molecular flexibility index (Phi) is 5.84. The maximum atomic E-state index is 13.6. The molecule has 0 spiro atoms. The minimum Gasteiger partial charge on any atom is -0.341 e. The minimum atomic E-state index is -0.140. The third kappa shape index (κ3) is 3.98. The molecule has 1 N–H and O–H groups in total. The number of aromatic nitrogens is 4. The molecule has 33 heavy (non-hydrogen) atoms. The largest absolute Gasteiger partial charge is 0.341 e. The van der Waals surface area contributed by atoms with Gasteiger partial charge in [0, 0.05) is 19.1 Å². The molecule has 2 aromatic carbocycles. The first-order chi connectivity index (χ1) is 16.2. The van der Waals surface area contributed by atoms with Gasteiger partial charge < -0.3 is 10.2 Å². The summed E-state index contributed by atoms with van der Waals surface area (Å²) in [6.45, 7) is 4.42. The monoisotopic (exact) mass is 440 g/mol. The molecule has 1 aliphatic rings. The Morgan fingerprint density at radius 1 is 1.18 bits per heavy atom. The smallest absolute Gasteiger partial charge is 0.293 e. The molecule has 0 bridgehead atoms. The Hall–Kier alpha value is -3.63. The normalized spacial score (nSPS) is 16.2. The Balaban J connectivity index is 1.60. The molecule has 7 nitrogen and oxygen atoms in total. The Bertz CT molecular complexity index is 1420. The van der Waals surface area contributed by atoms with Gasteiger partial charge in [0.15, 0.2) is 0 Å². The van der Waals surface area contributed by atoms with Crippen LogP contribution in [0.25, 0.3) is 21.8 Å². The lowest BCUT2D eigenvalue weighted by Crippen LogP contribution is -2.45. The van der Waals surface area contributed by atoms with Gasteiger partial charge in [-0.15, -0.1) is 5.92 Å². The molecular weight excluding hydrogens is 412 g/mol. The Morgan fingerprint density at radius 2 is 2.03 bits per heavy atom. The number of likely N-dealkylation sites (N-methyl/N-ethyl adjacent to an activating group) is 1. The van der Waals surface area contributed by atoms with Crippen molar-refractivity contribution in [1.82, 2.24) is 24.6 Å². The predicted octanol–water partition coefficient (Wildman–Crippen LogP) is 3.01. The van der Waals surface area contributed by atoms with Crippen LogP contribution in [0.4, 0.5) is 5.95 Å². The Morgan fingerprint density at radius 3 is 2.88 bits per heavy atom. The number of anilines is 1. The maximum absolute atomic E-state index is 13.6. The number of hydrogen-bond donors (Lipinski definition) is 1. The summed E-state index contributed by atoms with van der Waals surface area (Å²) in [6, 6.07) is 14.8. The summed E-state index contributed by atoms with van der Waals surface area (Å²) in [5.74, 6) is 6.89. The van der Waals surface area contributed by atoms with Crippen LogP contribution in [-0.4, -0.2) is 45.5 Å². The maximum Gasteiger partial charge on any atom is 0.293 e. The summed E-state index contributed by atoms with van der Waals surface area (Å²) < 4.78 is 3.51. The van der Waals surface area contributed by atoms with Crippen molar-refractivity contribution in [2.75, 3.05) is 25.0 Å². The van der Waals surface area contributed by atoms with E-state index in [1.54, 1.807) is 6.20 Å². The van der Waals surface area contributed by atoms with Crippen LogP contribution in [0.1, 0.15) is 25.3 Å². The van der Waals surface area contributed by atoms with Gasteiger partial charge in [0.1, 0.15) is 11.0 Å². The van der Waals surface area contributed by atoms with Crippen LogP contribution in [0.15, 0.2) is 53.5 Å². The van der Waals surface area contributed by atoms with Gasteiger partial charge in [0.25, 0.3) is 5.56 Å². The number of imidazole rings is 1. The summed E-state index contributed by atoms with van der Waals surface area (Å²) in [4.78, 5) is 20.7. The molecule has 1 saturated heterocycles. The van der Waals surface area contributed by atoms with Crippen molar-refractivity contribution in [3.05, 3.63) is 64.6 Å². The van der Waals surface area contributed by atoms with E-state index in [1.165, 1.54) is 4.68 Å². The summed E-state index contributed by atoms with van der Waals surface area (Å²) >= 11 is 0. The zero-order chi connectivity index (χ0) is 22.8. The molecule has 1 unspecified atom stereocenters. The third-order valence-electron chi connectivity index (χ3n) is 6.46. The lowest BCUT2D eigenvalue weighted by molar-refractivity contribution is 0.443. The third-order valence-corrected chi connectivity index (χ3v) is 6.46. The highest BCUT2D eigenvalue weighted by Gasteiger charge is 2.25. The number of nitrogens with one attached hydrogen (secondary N) is 1. The van der Waals surface area contributed by atoms with Gasteiger partial charge in [0.05, 0.1) is 19.3 Å². The highest BCUT2D eigenvalue weighted by Crippen LogP contribution is 2.24. The van der Waals surface area contributed by atoms with Crippen LogP contribution in [0, 0.1) is 11.8 Å².